The molecule has 0 bridgehead atoms. The molecule has 7 heteroatoms. The van der Waals surface area contributed by atoms with Crippen molar-refractivity contribution < 1.29 is 9.90 Å². The van der Waals surface area contributed by atoms with Gasteiger partial charge < -0.3 is 32.1 Å². The van der Waals surface area contributed by atoms with Gasteiger partial charge in [-0.25, -0.2) is 0 Å². The molecule has 0 unspecified atom stereocenters. The highest BCUT2D eigenvalue weighted by Gasteiger charge is 2.03. The summed E-state index contributed by atoms with van der Waals surface area (Å²) >= 11 is 0. The zero-order valence-electron chi connectivity index (χ0n) is 16.4. The number of carbonyl (C=O) groups is 1. The molecule has 0 aliphatic heterocycles. The van der Waals surface area contributed by atoms with Crippen molar-refractivity contribution in [2.24, 2.45) is 5.73 Å². The Morgan fingerprint density at radius 2 is 1.22 bits per heavy atom. The van der Waals surface area contributed by atoms with Gasteiger partial charge in [-0.2, -0.15) is 0 Å². The Labute approximate surface area is 163 Å². The molecule has 154 valence electrons. The van der Waals surface area contributed by atoms with E-state index in [1.54, 1.807) is 12.1 Å². The number of unbranched alkanes of at least 4 members (excludes halogenated alkanes) is 1. The van der Waals surface area contributed by atoms with Crippen molar-refractivity contribution in [2.75, 3.05) is 52.4 Å². The van der Waals surface area contributed by atoms with Crippen LogP contribution in [0.15, 0.2) is 24.3 Å². The van der Waals surface area contributed by atoms with E-state index in [2.05, 4.69) is 21.3 Å². The van der Waals surface area contributed by atoms with E-state index in [0.717, 1.165) is 65.1 Å². The van der Waals surface area contributed by atoms with Crippen molar-refractivity contribution in [1.29, 1.82) is 0 Å². The van der Waals surface area contributed by atoms with Crippen LogP contribution in [0.1, 0.15) is 42.5 Å². The molecule has 27 heavy (non-hydrogen) atoms. The highest BCUT2D eigenvalue weighted by molar-refractivity contribution is 5.94. The van der Waals surface area contributed by atoms with Gasteiger partial charge in [0.1, 0.15) is 5.75 Å². The second kappa shape index (κ2) is 16.5. The van der Waals surface area contributed by atoms with E-state index in [9.17, 15) is 9.90 Å². The first kappa shape index (κ1) is 23.4. The molecule has 0 aromatic heterocycles. The van der Waals surface area contributed by atoms with Crippen molar-refractivity contribution in [3.8, 4) is 5.75 Å². The van der Waals surface area contributed by atoms with Crippen molar-refractivity contribution in [3.63, 3.8) is 0 Å². The number of nitrogens with one attached hydrogen (secondary N) is 4. The summed E-state index contributed by atoms with van der Waals surface area (Å²) in [5.41, 5.74) is 6.01. The standard InChI is InChI=1S/C20H37N5O2/c21-10-3-13-22-11-1-2-12-23-14-4-15-24-16-5-17-25-20(27)18-6-8-19(26)9-7-18/h6-9,22-24,26H,1-5,10-17,21H2,(H,25,27). The molecule has 1 aromatic rings. The van der Waals surface area contributed by atoms with Crippen LogP contribution in [0.4, 0.5) is 0 Å². The summed E-state index contributed by atoms with van der Waals surface area (Å²) in [6.07, 6.45) is 5.45. The normalized spacial score (nSPS) is 10.9. The van der Waals surface area contributed by atoms with Gasteiger partial charge in [0.15, 0.2) is 0 Å². The molecular weight excluding hydrogens is 342 g/mol. The highest BCUT2D eigenvalue weighted by Crippen LogP contribution is 2.09. The smallest absolute Gasteiger partial charge is 0.251 e. The molecular formula is C20H37N5O2. The SMILES string of the molecule is NCCCNCCCCNCCCNCCCNC(=O)c1ccc(O)cc1. The summed E-state index contributed by atoms with van der Waals surface area (Å²) in [6, 6.07) is 6.28. The maximum atomic E-state index is 11.9. The van der Waals surface area contributed by atoms with Gasteiger partial charge >= 0.3 is 0 Å². The second-order valence-corrected chi connectivity index (χ2v) is 6.61. The Balaban J connectivity index is 1.80. The number of nitrogens with two attached hydrogens (primary N) is 1. The van der Waals surface area contributed by atoms with Crippen molar-refractivity contribution in [1.82, 2.24) is 21.3 Å². The minimum absolute atomic E-state index is 0.103. The van der Waals surface area contributed by atoms with Crippen LogP contribution in [0.2, 0.25) is 0 Å². The van der Waals surface area contributed by atoms with E-state index in [0.29, 0.717) is 12.1 Å². The van der Waals surface area contributed by atoms with E-state index in [-0.39, 0.29) is 11.7 Å². The Morgan fingerprint density at radius 3 is 1.78 bits per heavy atom. The number of amides is 1. The van der Waals surface area contributed by atoms with Gasteiger partial charge in [-0.05, 0) is 102 Å². The molecule has 0 fully saturated rings. The number of phenols is 1. The van der Waals surface area contributed by atoms with Gasteiger partial charge in [0.2, 0.25) is 0 Å². The minimum atomic E-state index is -0.103. The Kier molecular flexibility index (Phi) is 14.3. The van der Waals surface area contributed by atoms with E-state index in [4.69, 9.17) is 5.73 Å². The topological polar surface area (TPSA) is 111 Å². The van der Waals surface area contributed by atoms with Crippen LogP contribution in [0.3, 0.4) is 0 Å². The quantitative estimate of drug-likeness (QED) is 0.223. The van der Waals surface area contributed by atoms with Gasteiger partial charge in [0.25, 0.3) is 5.91 Å². The first-order valence-corrected chi connectivity index (χ1v) is 10.1. The average molecular weight is 380 g/mol. The van der Waals surface area contributed by atoms with Gasteiger partial charge in [-0.1, -0.05) is 0 Å². The number of benzene rings is 1. The molecule has 0 atom stereocenters. The molecule has 0 aliphatic rings. The van der Waals surface area contributed by atoms with Gasteiger partial charge in [-0.3, -0.25) is 4.79 Å². The van der Waals surface area contributed by atoms with E-state index >= 15 is 0 Å². The van der Waals surface area contributed by atoms with Crippen LogP contribution >= 0.6 is 0 Å². The number of carbonyl (C=O) groups excluding carboxylic acids is 1. The predicted octanol–water partition coefficient (Wildman–Crippen LogP) is 0.800. The molecule has 7 N–H and O–H groups in total. The predicted molar refractivity (Wildman–Crippen MR) is 111 cm³/mol. The lowest BCUT2D eigenvalue weighted by atomic mass is 10.2. The van der Waals surface area contributed by atoms with Crippen molar-refractivity contribution in [2.45, 2.75) is 32.1 Å². The molecule has 1 aromatic carbocycles. The molecule has 0 heterocycles. The number of rotatable bonds is 17. The number of phenolic OH excluding ortho intramolecular Hbond substituents is 1. The maximum absolute atomic E-state index is 11.9. The van der Waals surface area contributed by atoms with Crippen LogP contribution in [-0.4, -0.2) is 63.4 Å². The number of hydrogen-bond acceptors (Lipinski definition) is 6. The largest absolute Gasteiger partial charge is 0.508 e. The summed E-state index contributed by atoms with van der Waals surface area (Å²) in [4.78, 5) is 11.9. The first-order valence-electron chi connectivity index (χ1n) is 10.1. The van der Waals surface area contributed by atoms with Crippen LogP contribution in [0.25, 0.3) is 0 Å². The Bertz CT molecular complexity index is 482. The summed E-state index contributed by atoms with van der Waals surface area (Å²) in [7, 11) is 0. The third-order valence-corrected chi connectivity index (χ3v) is 4.17. The maximum Gasteiger partial charge on any atom is 0.251 e. The van der Waals surface area contributed by atoms with Crippen LogP contribution in [-0.2, 0) is 0 Å². The summed E-state index contributed by atoms with van der Waals surface area (Å²) in [5.74, 6) is 0.0642. The number of hydrogen-bond donors (Lipinski definition) is 6. The monoisotopic (exact) mass is 379 g/mol. The van der Waals surface area contributed by atoms with Crippen LogP contribution in [0.5, 0.6) is 5.75 Å². The zero-order chi connectivity index (χ0) is 19.6. The van der Waals surface area contributed by atoms with Crippen LogP contribution in [0, 0.1) is 0 Å². The molecule has 7 nitrogen and oxygen atoms in total. The van der Waals surface area contributed by atoms with E-state index in [1.807, 2.05) is 0 Å². The molecule has 0 aliphatic carbocycles. The Hall–Kier alpha value is -1.67. The van der Waals surface area contributed by atoms with Gasteiger partial charge in [-0.15, -0.1) is 0 Å². The first-order chi connectivity index (χ1) is 13.2. The van der Waals surface area contributed by atoms with Crippen molar-refractivity contribution in [3.05, 3.63) is 29.8 Å². The average Bonchev–Trinajstić information content (AvgIpc) is 2.68. The lowest BCUT2D eigenvalue weighted by Gasteiger charge is -2.08. The highest BCUT2D eigenvalue weighted by atomic mass is 16.3. The molecule has 1 amide bonds. The summed E-state index contributed by atoms with van der Waals surface area (Å²) in [6.45, 7) is 7.49. The lowest BCUT2D eigenvalue weighted by Crippen LogP contribution is -2.28. The Morgan fingerprint density at radius 1 is 0.741 bits per heavy atom. The van der Waals surface area contributed by atoms with Gasteiger partial charge in [0, 0.05) is 12.1 Å². The fourth-order valence-corrected chi connectivity index (χ4v) is 2.57. The minimum Gasteiger partial charge on any atom is -0.508 e. The third-order valence-electron chi connectivity index (χ3n) is 4.17. The molecule has 1 rings (SSSR count). The third kappa shape index (κ3) is 13.2. The van der Waals surface area contributed by atoms with E-state index < -0.39 is 0 Å². The molecule has 0 saturated carbocycles. The second-order valence-electron chi connectivity index (χ2n) is 6.61. The number of aromatic hydroxyl groups is 1. The van der Waals surface area contributed by atoms with Gasteiger partial charge in [0.05, 0.1) is 0 Å². The van der Waals surface area contributed by atoms with E-state index in [1.165, 1.54) is 25.0 Å². The summed E-state index contributed by atoms with van der Waals surface area (Å²) in [5, 5.41) is 22.3. The summed E-state index contributed by atoms with van der Waals surface area (Å²) < 4.78 is 0. The fourth-order valence-electron chi connectivity index (χ4n) is 2.57. The molecule has 0 saturated heterocycles. The molecule has 0 radical (unpaired) electrons. The van der Waals surface area contributed by atoms with Crippen molar-refractivity contribution >= 4 is 5.91 Å². The zero-order valence-corrected chi connectivity index (χ0v) is 16.4. The molecule has 0 spiro atoms. The lowest BCUT2D eigenvalue weighted by molar-refractivity contribution is 0.0953. The fraction of sp³-hybridized carbons (Fsp3) is 0.650. The van der Waals surface area contributed by atoms with Crippen LogP contribution < -0.4 is 27.0 Å².